The normalized spacial score (nSPS) is 9.28. The van der Waals surface area contributed by atoms with Crippen molar-refractivity contribution >= 4 is 54.3 Å². The molecule has 0 radical (unpaired) electrons. The number of carbonyl (C=O) groups is 4. The van der Waals surface area contributed by atoms with Gasteiger partial charge in [0.1, 0.15) is 11.4 Å². The van der Waals surface area contributed by atoms with Crippen molar-refractivity contribution in [3.05, 3.63) is 59.2 Å². The Morgan fingerprint density at radius 2 is 1.34 bits per heavy atom. The Morgan fingerprint density at radius 1 is 0.897 bits per heavy atom. The number of hydrogen-bond donors (Lipinski definition) is 2. The van der Waals surface area contributed by atoms with Crippen LogP contribution in [0.15, 0.2) is 36.7 Å². The number of carbonyl (C=O) groups excluding carboxylic acids is 2. The summed E-state index contributed by atoms with van der Waals surface area (Å²) in [6.45, 7) is 1.44. The van der Waals surface area contributed by atoms with E-state index in [1.165, 1.54) is 32.4 Å². The number of carboxylic acids is 2. The second kappa shape index (κ2) is 13.3. The molecule has 0 bridgehead atoms. The predicted octanol–water partition coefficient (Wildman–Crippen LogP) is 2.59. The minimum atomic E-state index is -1.67. The number of Topliss-reactive ketones (excluding diaryl/α,β-unsaturated/α-hetero) is 1. The van der Waals surface area contributed by atoms with E-state index in [1.807, 2.05) is 0 Å². The van der Waals surface area contributed by atoms with E-state index in [2.05, 4.69) is 36.1 Å². The first-order valence-corrected chi connectivity index (χ1v) is 10.0. The molecule has 0 aromatic carbocycles. The highest BCUT2D eigenvalue weighted by Crippen LogP contribution is 2.02. The fourth-order valence-electron chi connectivity index (χ4n) is 1.47. The van der Waals surface area contributed by atoms with Gasteiger partial charge in [-0.05, 0) is 31.2 Å². The molecule has 2 heterocycles. The molecule has 13 heteroatoms. The Kier molecular flexibility index (Phi) is 12.0. The van der Waals surface area contributed by atoms with Crippen molar-refractivity contribution in [2.75, 3.05) is 7.11 Å². The highest BCUT2D eigenvalue weighted by atomic mass is 36.0. The number of carboxylic acid groups (broad SMARTS) is 2. The van der Waals surface area contributed by atoms with Gasteiger partial charge in [-0.15, -0.1) is 0 Å². The van der Waals surface area contributed by atoms with Crippen LogP contribution in [-0.2, 0) is 14.0 Å². The average Bonchev–Trinajstić information content (AvgIpc) is 2.67. The molecule has 0 unspecified atom stereocenters. The van der Waals surface area contributed by atoms with Crippen LogP contribution in [0.3, 0.4) is 0 Å². The second-order valence-corrected chi connectivity index (χ2v) is 7.23. The lowest BCUT2D eigenvalue weighted by atomic mass is 10.2. The van der Waals surface area contributed by atoms with Crippen molar-refractivity contribution < 1.29 is 38.3 Å². The van der Waals surface area contributed by atoms with E-state index in [0.717, 1.165) is 12.3 Å². The van der Waals surface area contributed by atoms with Gasteiger partial charge in [0.2, 0.25) is 9.23 Å². The van der Waals surface area contributed by atoms with Crippen molar-refractivity contribution in [3.8, 4) is 0 Å². The van der Waals surface area contributed by atoms with Crippen molar-refractivity contribution in [2.24, 2.45) is 0 Å². The van der Waals surface area contributed by atoms with E-state index in [9.17, 15) is 19.2 Å². The summed E-state index contributed by atoms with van der Waals surface area (Å²) in [6.07, 6.45) is 2.36. The van der Waals surface area contributed by atoms with E-state index in [-0.39, 0.29) is 22.7 Å². The van der Waals surface area contributed by atoms with Crippen molar-refractivity contribution in [1.29, 1.82) is 0 Å². The van der Waals surface area contributed by atoms with Gasteiger partial charge in [0.15, 0.2) is 5.78 Å². The first-order chi connectivity index (χ1) is 13.5. The number of aromatic nitrogens is 2. The van der Waals surface area contributed by atoms with Gasteiger partial charge in [0.05, 0.1) is 12.7 Å². The number of aromatic carboxylic acids is 2. The van der Waals surface area contributed by atoms with Crippen LogP contribution in [0.25, 0.3) is 0 Å². The maximum Gasteiger partial charge on any atom is 0.356 e. The molecule has 2 rings (SSSR count). The summed E-state index contributed by atoms with van der Waals surface area (Å²) in [6, 6.07) is 5.34. The van der Waals surface area contributed by atoms with E-state index in [0.29, 0.717) is 5.56 Å². The lowest BCUT2D eigenvalue weighted by Gasteiger charge is -1.98. The monoisotopic (exact) mass is 464 g/mol. The lowest BCUT2D eigenvalue weighted by Crippen LogP contribution is -2.05. The Bertz CT molecular complexity index is 852. The van der Waals surface area contributed by atoms with Gasteiger partial charge in [-0.25, -0.2) is 28.6 Å². The quantitative estimate of drug-likeness (QED) is 0.390. The predicted molar refractivity (Wildman–Crippen MR) is 104 cm³/mol. The molecule has 0 fully saturated rings. The summed E-state index contributed by atoms with van der Waals surface area (Å²) >= 11 is 0. The molecule has 0 spiro atoms. The first kappa shape index (κ1) is 26.1. The molecular formula is C16H14Cl2N2O8S. The summed E-state index contributed by atoms with van der Waals surface area (Å²) < 4.78 is 13.5. The molecule has 0 aliphatic heterocycles. The van der Waals surface area contributed by atoms with Gasteiger partial charge in [-0.3, -0.25) is 4.79 Å². The summed E-state index contributed by atoms with van der Waals surface area (Å²) in [5.41, 5.74) is 0.486. The number of nitrogens with zero attached hydrogens (tertiary/aromatic N) is 2. The highest BCUT2D eigenvalue weighted by Gasteiger charge is 2.07. The number of hydrogen-bond acceptors (Lipinski definition) is 8. The van der Waals surface area contributed by atoms with Gasteiger partial charge in [-0.1, -0.05) is 0 Å². The zero-order valence-electron chi connectivity index (χ0n) is 14.9. The molecule has 0 atom stereocenters. The van der Waals surface area contributed by atoms with Crippen LogP contribution in [0.2, 0.25) is 0 Å². The van der Waals surface area contributed by atoms with Gasteiger partial charge in [-0.2, -0.15) is 0 Å². The summed E-state index contributed by atoms with van der Waals surface area (Å²) in [5, 5.41) is 16.8. The van der Waals surface area contributed by atoms with Crippen molar-refractivity contribution in [3.63, 3.8) is 0 Å². The maximum atomic E-state index is 10.9. The summed E-state index contributed by atoms with van der Waals surface area (Å²) in [4.78, 5) is 49.5. The smallest absolute Gasteiger partial charge is 0.356 e. The zero-order valence-corrected chi connectivity index (χ0v) is 17.2. The molecule has 0 saturated carbocycles. The molecule has 2 N–H and O–H groups in total. The molecule has 0 saturated heterocycles. The van der Waals surface area contributed by atoms with E-state index >= 15 is 0 Å². The molecule has 156 valence electrons. The lowest BCUT2D eigenvalue weighted by molar-refractivity contribution is 0.0592. The van der Waals surface area contributed by atoms with Gasteiger partial charge < -0.3 is 14.9 Å². The molecule has 2 aromatic heterocycles. The first-order valence-electron chi connectivity index (χ1n) is 7.21. The number of ether oxygens (including phenoxy) is 1. The Labute approximate surface area is 175 Å². The Morgan fingerprint density at radius 3 is 1.66 bits per heavy atom. The standard InChI is InChI=1S/C9H9NO3.C7H5NO4.Cl2OS/c1-6(11)7-3-4-8(10-5-7)9(12)13-2;9-6(10)4-1-2-5(7(11)12)8-3-4;1-4(2)3/h3-5H,1-2H3;1-3H,(H,9,10)(H,11,12);. The van der Waals surface area contributed by atoms with E-state index in [1.54, 1.807) is 6.07 Å². The SMILES string of the molecule is COC(=O)c1ccc(C(C)=O)cn1.O=C(O)c1ccc(C(=O)O)nc1.O=S(Cl)Cl. The van der Waals surface area contributed by atoms with E-state index in [4.69, 9.17) is 14.4 Å². The van der Waals surface area contributed by atoms with Gasteiger partial charge >= 0.3 is 17.9 Å². The maximum absolute atomic E-state index is 10.9. The summed E-state index contributed by atoms with van der Waals surface area (Å²) in [5.74, 6) is -2.88. The van der Waals surface area contributed by atoms with Crippen LogP contribution in [0, 0.1) is 0 Å². The second-order valence-electron chi connectivity index (χ2n) is 4.71. The van der Waals surface area contributed by atoms with Gasteiger partial charge in [0.25, 0.3) is 0 Å². The molecule has 0 aliphatic rings. The van der Waals surface area contributed by atoms with Crippen LogP contribution < -0.4 is 0 Å². The molecule has 10 nitrogen and oxygen atoms in total. The zero-order chi connectivity index (χ0) is 22.6. The number of ketones is 1. The number of esters is 1. The van der Waals surface area contributed by atoms with Crippen LogP contribution in [0.4, 0.5) is 0 Å². The number of methoxy groups -OCH3 is 1. The number of rotatable bonds is 4. The largest absolute Gasteiger partial charge is 0.478 e. The highest BCUT2D eigenvalue weighted by molar-refractivity contribution is 8.26. The van der Waals surface area contributed by atoms with Crippen LogP contribution in [0.1, 0.15) is 48.6 Å². The fraction of sp³-hybridized carbons (Fsp3) is 0.125. The Balaban J connectivity index is 0.000000459. The van der Waals surface area contributed by atoms with E-state index < -0.39 is 27.1 Å². The minimum absolute atomic E-state index is 0.0278. The number of halogens is 2. The van der Waals surface area contributed by atoms with Crippen molar-refractivity contribution in [2.45, 2.75) is 6.92 Å². The van der Waals surface area contributed by atoms with Crippen LogP contribution in [-0.4, -0.2) is 55.2 Å². The molecule has 0 amide bonds. The molecule has 0 aliphatic carbocycles. The number of pyridine rings is 2. The van der Waals surface area contributed by atoms with Crippen LogP contribution in [0.5, 0.6) is 0 Å². The molecule has 2 aromatic rings. The Hall–Kier alpha value is -2.89. The molecular weight excluding hydrogens is 451 g/mol. The summed E-state index contributed by atoms with van der Waals surface area (Å²) in [7, 11) is 8.64. The van der Waals surface area contributed by atoms with Crippen molar-refractivity contribution in [1.82, 2.24) is 9.97 Å². The topological polar surface area (TPSA) is 161 Å². The third-order valence-electron chi connectivity index (χ3n) is 2.79. The molecule has 29 heavy (non-hydrogen) atoms. The van der Waals surface area contributed by atoms with Gasteiger partial charge in [0, 0.05) is 39.3 Å². The average molecular weight is 465 g/mol. The fourth-order valence-corrected chi connectivity index (χ4v) is 1.47. The third-order valence-corrected chi connectivity index (χ3v) is 2.79. The third kappa shape index (κ3) is 10.9. The van der Waals surface area contributed by atoms with Crippen LogP contribution >= 0.6 is 21.4 Å². The minimum Gasteiger partial charge on any atom is -0.478 e.